The summed E-state index contributed by atoms with van der Waals surface area (Å²) in [5.41, 5.74) is 2.86. The van der Waals surface area contributed by atoms with Gasteiger partial charge in [0.1, 0.15) is 5.69 Å². The summed E-state index contributed by atoms with van der Waals surface area (Å²) in [6, 6.07) is 2.26. The SMILES string of the molecule is CC(=O)N1CCC(c2cnc(-c3ccnn3C(C)C)cn2)CC1. The predicted octanol–water partition coefficient (Wildman–Crippen LogP) is 2.65. The van der Waals surface area contributed by atoms with Gasteiger partial charge in [-0.15, -0.1) is 0 Å². The van der Waals surface area contributed by atoms with Crippen LogP contribution in [-0.2, 0) is 4.79 Å². The Morgan fingerprint density at radius 1 is 1.22 bits per heavy atom. The number of hydrogen-bond donors (Lipinski definition) is 0. The van der Waals surface area contributed by atoms with Crippen LogP contribution in [0.4, 0.5) is 0 Å². The zero-order valence-corrected chi connectivity index (χ0v) is 13.9. The molecule has 1 saturated heterocycles. The molecule has 0 atom stereocenters. The van der Waals surface area contributed by atoms with Crippen LogP contribution in [0.3, 0.4) is 0 Å². The highest BCUT2D eigenvalue weighted by atomic mass is 16.2. The van der Waals surface area contributed by atoms with Crippen LogP contribution in [0.1, 0.15) is 51.3 Å². The molecule has 6 heteroatoms. The van der Waals surface area contributed by atoms with E-state index in [1.165, 1.54) is 0 Å². The topological polar surface area (TPSA) is 63.9 Å². The molecule has 1 aliphatic rings. The fraction of sp³-hybridized carbons (Fsp3) is 0.529. The average Bonchev–Trinajstić information content (AvgIpc) is 3.05. The number of rotatable bonds is 3. The van der Waals surface area contributed by atoms with Gasteiger partial charge in [0.05, 0.1) is 17.6 Å². The minimum Gasteiger partial charge on any atom is -0.343 e. The van der Waals surface area contributed by atoms with Gasteiger partial charge in [-0.3, -0.25) is 19.4 Å². The Kier molecular flexibility index (Phi) is 4.41. The Morgan fingerprint density at radius 3 is 2.52 bits per heavy atom. The van der Waals surface area contributed by atoms with E-state index >= 15 is 0 Å². The molecule has 3 rings (SSSR count). The summed E-state index contributed by atoms with van der Waals surface area (Å²) in [7, 11) is 0. The largest absolute Gasteiger partial charge is 0.343 e. The Morgan fingerprint density at radius 2 is 1.96 bits per heavy atom. The minimum absolute atomic E-state index is 0.159. The molecule has 2 aromatic heterocycles. The standard InChI is InChI=1S/C17H23N5O/c1-12(2)22-17(4-7-20-22)16-11-18-15(10-19-16)14-5-8-21(9-6-14)13(3)23/h4,7,10-12,14H,5-6,8-9H2,1-3H3. The highest BCUT2D eigenvalue weighted by molar-refractivity contribution is 5.73. The molecule has 0 bridgehead atoms. The second-order valence-corrected chi connectivity index (χ2v) is 6.36. The van der Waals surface area contributed by atoms with Gasteiger partial charge in [0.15, 0.2) is 0 Å². The van der Waals surface area contributed by atoms with Crippen LogP contribution in [0.5, 0.6) is 0 Å². The molecule has 0 spiro atoms. The summed E-state index contributed by atoms with van der Waals surface area (Å²) in [5, 5.41) is 4.34. The van der Waals surface area contributed by atoms with E-state index in [2.05, 4.69) is 28.9 Å². The first-order valence-electron chi connectivity index (χ1n) is 8.17. The molecule has 3 heterocycles. The summed E-state index contributed by atoms with van der Waals surface area (Å²) in [6.45, 7) is 7.45. The van der Waals surface area contributed by atoms with Crippen molar-refractivity contribution >= 4 is 5.91 Å². The fourth-order valence-electron chi connectivity index (χ4n) is 3.10. The van der Waals surface area contributed by atoms with Gasteiger partial charge in [-0.1, -0.05) is 0 Å². The van der Waals surface area contributed by atoms with Crippen LogP contribution in [0.25, 0.3) is 11.4 Å². The van der Waals surface area contributed by atoms with Crippen LogP contribution >= 0.6 is 0 Å². The molecule has 1 aliphatic heterocycles. The molecule has 1 fully saturated rings. The van der Waals surface area contributed by atoms with Gasteiger partial charge in [-0.25, -0.2) is 0 Å². The van der Waals surface area contributed by atoms with Crippen molar-refractivity contribution in [2.75, 3.05) is 13.1 Å². The summed E-state index contributed by atoms with van der Waals surface area (Å²) in [5.74, 6) is 0.550. The van der Waals surface area contributed by atoms with Gasteiger partial charge < -0.3 is 4.90 Å². The lowest BCUT2D eigenvalue weighted by molar-refractivity contribution is -0.129. The van der Waals surface area contributed by atoms with Gasteiger partial charge in [0, 0.05) is 44.4 Å². The quantitative estimate of drug-likeness (QED) is 0.874. The van der Waals surface area contributed by atoms with Crippen LogP contribution in [0.15, 0.2) is 24.7 Å². The summed E-state index contributed by atoms with van der Waals surface area (Å²) >= 11 is 0. The van der Waals surface area contributed by atoms with Crippen molar-refractivity contribution in [3.8, 4) is 11.4 Å². The van der Waals surface area contributed by atoms with E-state index in [4.69, 9.17) is 0 Å². The van der Waals surface area contributed by atoms with Gasteiger partial charge in [-0.2, -0.15) is 5.10 Å². The first kappa shape index (κ1) is 15.6. The maximum absolute atomic E-state index is 11.4. The number of likely N-dealkylation sites (tertiary alicyclic amines) is 1. The van der Waals surface area contributed by atoms with Crippen molar-refractivity contribution < 1.29 is 4.79 Å². The Bertz CT molecular complexity index is 669. The fourth-order valence-corrected chi connectivity index (χ4v) is 3.10. The predicted molar refractivity (Wildman–Crippen MR) is 87.9 cm³/mol. The van der Waals surface area contributed by atoms with E-state index in [1.807, 2.05) is 28.0 Å². The van der Waals surface area contributed by atoms with Gasteiger partial charge in [0.25, 0.3) is 0 Å². The average molecular weight is 313 g/mol. The van der Waals surface area contributed by atoms with Crippen molar-refractivity contribution in [1.29, 1.82) is 0 Å². The summed E-state index contributed by atoms with van der Waals surface area (Å²) in [4.78, 5) is 22.5. The molecule has 1 amide bonds. The first-order chi connectivity index (χ1) is 11.1. The Balaban J connectivity index is 1.73. The second kappa shape index (κ2) is 6.48. The molecule has 0 unspecified atom stereocenters. The molecule has 0 radical (unpaired) electrons. The van der Waals surface area contributed by atoms with Crippen LogP contribution in [0, 0.1) is 0 Å². The molecule has 2 aromatic rings. The molecule has 122 valence electrons. The number of hydrogen-bond acceptors (Lipinski definition) is 4. The first-order valence-corrected chi connectivity index (χ1v) is 8.17. The molecular formula is C17H23N5O. The van der Waals surface area contributed by atoms with Crippen molar-refractivity contribution in [1.82, 2.24) is 24.6 Å². The Labute approximate surface area is 136 Å². The van der Waals surface area contributed by atoms with E-state index < -0.39 is 0 Å². The molecule has 23 heavy (non-hydrogen) atoms. The van der Waals surface area contributed by atoms with Crippen LogP contribution in [0.2, 0.25) is 0 Å². The van der Waals surface area contributed by atoms with E-state index in [0.717, 1.165) is 43.0 Å². The lowest BCUT2D eigenvalue weighted by Gasteiger charge is -2.30. The number of amides is 1. The molecule has 0 aliphatic carbocycles. The number of piperidine rings is 1. The van der Waals surface area contributed by atoms with Crippen molar-refractivity contribution in [2.45, 2.75) is 45.6 Å². The maximum atomic E-state index is 11.4. The third-order valence-electron chi connectivity index (χ3n) is 4.45. The summed E-state index contributed by atoms with van der Waals surface area (Å²) in [6.07, 6.45) is 7.42. The normalized spacial score (nSPS) is 16.1. The van der Waals surface area contributed by atoms with E-state index in [1.54, 1.807) is 13.1 Å². The highest BCUT2D eigenvalue weighted by Gasteiger charge is 2.23. The number of nitrogens with zero attached hydrogens (tertiary/aromatic N) is 5. The summed E-state index contributed by atoms with van der Waals surface area (Å²) < 4.78 is 1.95. The minimum atomic E-state index is 0.159. The van der Waals surface area contributed by atoms with Gasteiger partial charge >= 0.3 is 0 Å². The van der Waals surface area contributed by atoms with E-state index in [-0.39, 0.29) is 11.9 Å². The van der Waals surface area contributed by atoms with Gasteiger partial charge in [-0.05, 0) is 32.8 Å². The van der Waals surface area contributed by atoms with E-state index in [9.17, 15) is 4.79 Å². The highest BCUT2D eigenvalue weighted by Crippen LogP contribution is 2.27. The van der Waals surface area contributed by atoms with Crippen molar-refractivity contribution in [2.24, 2.45) is 0 Å². The van der Waals surface area contributed by atoms with Crippen LogP contribution in [-0.4, -0.2) is 43.6 Å². The van der Waals surface area contributed by atoms with Gasteiger partial charge in [0.2, 0.25) is 5.91 Å². The molecule has 0 saturated carbocycles. The lowest BCUT2D eigenvalue weighted by atomic mass is 9.94. The second-order valence-electron chi connectivity index (χ2n) is 6.36. The monoisotopic (exact) mass is 313 g/mol. The maximum Gasteiger partial charge on any atom is 0.219 e. The zero-order valence-electron chi connectivity index (χ0n) is 13.9. The molecule has 0 N–H and O–H groups in total. The molecular weight excluding hydrogens is 290 g/mol. The smallest absolute Gasteiger partial charge is 0.219 e. The number of aromatic nitrogens is 4. The number of carbonyl (C=O) groups is 1. The van der Waals surface area contributed by atoms with Crippen LogP contribution < -0.4 is 0 Å². The van der Waals surface area contributed by atoms with E-state index in [0.29, 0.717) is 5.92 Å². The molecule has 0 aromatic carbocycles. The lowest BCUT2D eigenvalue weighted by Crippen LogP contribution is -2.36. The van der Waals surface area contributed by atoms with Crippen molar-refractivity contribution in [3.63, 3.8) is 0 Å². The third-order valence-corrected chi connectivity index (χ3v) is 4.45. The third kappa shape index (κ3) is 3.25. The Hall–Kier alpha value is -2.24. The zero-order chi connectivity index (χ0) is 16.4. The number of carbonyl (C=O) groups excluding carboxylic acids is 1. The molecule has 6 nitrogen and oxygen atoms in total. The van der Waals surface area contributed by atoms with Crippen molar-refractivity contribution in [3.05, 3.63) is 30.4 Å².